The number of carbonyl (C=O) groups excluding carboxylic acids is 1. The summed E-state index contributed by atoms with van der Waals surface area (Å²) >= 11 is 12.0. The Morgan fingerprint density at radius 1 is 1.08 bits per heavy atom. The molecule has 0 aliphatic carbocycles. The monoisotopic (exact) mass is 386 g/mol. The average Bonchev–Trinajstić information content (AvgIpc) is 2.46. The summed E-state index contributed by atoms with van der Waals surface area (Å²) < 4.78 is 27.5. The molecule has 5 nitrogen and oxygen atoms in total. The van der Waals surface area contributed by atoms with E-state index in [9.17, 15) is 13.2 Å². The first-order chi connectivity index (χ1) is 11.2. The minimum absolute atomic E-state index is 0.0912. The molecule has 0 spiro atoms. The van der Waals surface area contributed by atoms with E-state index < -0.39 is 16.1 Å². The van der Waals surface area contributed by atoms with E-state index in [0.29, 0.717) is 21.3 Å². The molecule has 0 aromatic heterocycles. The zero-order valence-electron chi connectivity index (χ0n) is 13.0. The molecule has 2 N–H and O–H groups in total. The van der Waals surface area contributed by atoms with E-state index in [-0.39, 0.29) is 10.8 Å². The van der Waals surface area contributed by atoms with Gasteiger partial charge in [-0.1, -0.05) is 29.3 Å². The van der Waals surface area contributed by atoms with Gasteiger partial charge in [-0.15, -0.1) is 0 Å². The van der Waals surface area contributed by atoms with Gasteiger partial charge in [0.15, 0.2) is 0 Å². The van der Waals surface area contributed by atoms with Gasteiger partial charge >= 0.3 is 0 Å². The van der Waals surface area contributed by atoms with Crippen molar-refractivity contribution in [2.45, 2.75) is 24.8 Å². The number of anilines is 1. The Hall–Kier alpha value is -1.60. The van der Waals surface area contributed by atoms with Crippen LogP contribution < -0.4 is 10.0 Å². The van der Waals surface area contributed by atoms with Crippen LogP contribution in [0.15, 0.2) is 47.4 Å². The van der Waals surface area contributed by atoms with E-state index in [1.807, 2.05) is 0 Å². The van der Waals surface area contributed by atoms with Crippen molar-refractivity contribution in [1.29, 1.82) is 0 Å². The Kier molecular flexibility index (Phi) is 5.87. The number of carbonyl (C=O) groups is 1. The topological polar surface area (TPSA) is 75.3 Å². The molecule has 0 fully saturated rings. The summed E-state index contributed by atoms with van der Waals surface area (Å²) in [6, 6.07) is 10.2. The van der Waals surface area contributed by atoms with E-state index in [2.05, 4.69) is 10.0 Å². The Bertz CT molecular complexity index is 852. The van der Waals surface area contributed by atoms with E-state index >= 15 is 0 Å². The quantitative estimate of drug-likeness (QED) is 0.815. The molecular weight excluding hydrogens is 371 g/mol. The first-order valence-electron chi connectivity index (χ1n) is 7.04. The van der Waals surface area contributed by atoms with Crippen LogP contribution >= 0.6 is 23.2 Å². The van der Waals surface area contributed by atoms with Gasteiger partial charge < -0.3 is 5.32 Å². The molecule has 0 saturated carbocycles. The van der Waals surface area contributed by atoms with Crippen LogP contribution in [0.4, 0.5) is 5.69 Å². The lowest BCUT2D eigenvalue weighted by Crippen LogP contribution is -2.27. The fourth-order valence-corrected chi connectivity index (χ4v) is 3.93. The number of nitrogens with one attached hydrogen (secondary N) is 2. The smallest absolute Gasteiger partial charge is 0.241 e. The molecule has 1 amide bonds. The molecule has 0 aliphatic rings. The van der Waals surface area contributed by atoms with Crippen LogP contribution in [0.1, 0.15) is 25.5 Å². The first kappa shape index (κ1) is 18.7. The number of rotatable bonds is 5. The number of hydrogen-bond acceptors (Lipinski definition) is 3. The van der Waals surface area contributed by atoms with Crippen molar-refractivity contribution >= 4 is 44.8 Å². The van der Waals surface area contributed by atoms with Crippen LogP contribution in [0, 0.1) is 0 Å². The third kappa shape index (κ3) is 4.70. The van der Waals surface area contributed by atoms with Gasteiger partial charge in [-0.25, -0.2) is 13.1 Å². The molecule has 0 saturated heterocycles. The summed E-state index contributed by atoms with van der Waals surface area (Å²) in [6.07, 6.45) is 0. The summed E-state index contributed by atoms with van der Waals surface area (Å²) in [5, 5.41) is 3.45. The van der Waals surface area contributed by atoms with Crippen molar-refractivity contribution in [3.8, 4) is 0 Å². The molecule has 2 aromatic rings. The fraction of sp³-hybridized carbons (Fsp3) is 0.188. The third-order valence-corrected chi connectivity index (χ3v) is 5.36. The summed E-state index contributed by atoms with van der Waals surface area (Å²) in [5.74, 6) is -0.227. The number of benzene rings is 2. The van der Waals surface area contributed by atoms with Gasteiger partial charge in [0, 0.05) is 28.7 Å². The second kappa shape index (κ2) is 7.53. The highest BCUT2D eigenvalue weighted by Crippen LogP contribution is 2.27. The first-order valence-corrected chi connectivity index (χ1v) is 9.28. The van der Waals surface area contributed by atoms with E-state index in [4.69, 9.17) is 23.2 Å². The highest BCUT2D eigenvalue weighted by Gasteiger charge is 2.20. The molecule has 8 heteroatoms. The number of amides is 1. The Balaban J connectivity index is 2.19. The Morgan fingerprint density at radius 2 is 1.71 bits per heavy atom. The number of halogens is 2. The molecule has 0 aliphatic heterocycles. The molecule has 0 unspecified atom stereocenters. The third-order valence-electron chi connectivity index (χ3n) is 3.25. The standard InChI is InChI=1S/C16H16Cl2N2O3S/c1-10(15-8-3-12(17)9-16(15)18)20-24(22,23)14-6-4-13(5-7-14)19-11(2)21/h3-10,20H,1-2H3,(H,19,21)/t10-/m0/s1. The van der Waals surface area contributed by atoms with Crippen molar-refractivity contribution < 1.29 is 13.2 Å². The lowest BCUT2D eigenvalue weighted by molar-refractivity contribution is -0.114. The van der Waals surface area contributed by atoms with Crippen molar-refractivity contribution in [3.63, 3.8) is 0 Å². The summed E-state index contributed by atoms with van der Waals surface area (Å²) in [7, 11) is -3.73. The fourth-order valence-electron chi connectivity index (χ4n) is 2.14. The average molecular weight is 387 g/mol. The van der Waals surface area contributed by atoms with Gasteiger partial charge in [0.1, 0.15) is 0 Å². The molecular formula is C16H16Cl2N2O3S. The van der Waals surface area contributed by atoms with E-state index in [1.165, 1.54) is 31.2 Å². The molecule has 0 bridgehead atoms. The van der Waals surface area contributed by atoms with Crippen molar-refractivity contribution in [1.82, 2.24) is 4.72 Å². The maximum absolute atomic E-state index is 12.5. The highest BCUT2D eigenvalue weighted by atomic mass is 35.5. The molecule has 1 atom stereocenters. The maximum Gasteiger partial charge on any atom is 0.241 e. The number of hydrogen-bond donors (Lipinski definition) is 2. The summed E-state index contributed by atoms with van der Waals surface area (Å²) in [6.45, 7) is 3.07. The van der Waals surface area contributed by atoms with Crippen LogP contribution in [0.25, 0.3) is 0 Å². The maximum atomic E-state index is 12.5. The molecule has 0 heterocycles. The second-order valence-corrected chi connectivity index (χ2v) is 7.77. The second-order valence-electron chi connectivity index (χ2n) is 5.21. The van der Waals surface area contributed by atoms with Gasteiger partial charge in [0.25, 0.3) is 0 Å². The minimum Gasteiger partial charge on any atom is -0.326 e. The van der Waals surface area contributed by atoms with Crippen LogP contribution in [0.5, 0.6) is 0 Å². The summed E-state index contributed by atoms with van der Waals surface area (Å²) in [4.78, 5) is 11.1. The Morgan fingerprint density at radius 3 is 2.25 bits per heavy atom. The summed E-state index contributed by atoms with van der Waals surface area (Å²) in [5.41, 5.74) is 1.15. The SMILES string of the molecule is CC(=O)Nc1ccc(S(=O)(=O)N[C@@H](C)c2ccc(Cl)cc2Cl)cc1. The van der Waals surface area contributed by atoms with E-state index in [0.717, 1.165) is 0 Å². The Labute approximate surface area is 151 Å². The van der Waals surface area contributed by atoms with Crippen LogP contribution in [-0.2, 0) is 14.8 Å². The largest absolute Gasteiger partial charge is 0.326 e. The molecule has 0 radical (unpaired) electrons. The molecule has 2 aromatic carbocycles. The van der Waals surface area contributed by atoms with Crippen molar-refractivity contribution in [3.05, 3.63) is 58.1 Å². The van der Waals surface area contributed by atoms with E-state index in [1.54, 1.807) is 25.1 Å². The zero-order valence-corrected chi connectivity index (χ0v) is 15.3. The normalized spacial score (nSPS) is 12.7. The minimum atomic E-state index is -3.73. The molecule has 128 valence electrons. The van der Waals surface area contributed by atoms with Crippen molar-refractivity contribution in [2.24, 2.45) is 0 Å². The molecule has 24 heavy (non-hydrogen) atoms. The van der Waals surface area contributed by atoms with Crippen LogP contribution in [-0.4, -0.2) is 14.3 Å². The zero-order chi connectivity index (χ0) is 17.9. The lowest BCUT2D eigenvalue weighted by atomic mass is 10.1. The van der Waals surface area contributed by atoms with Gasteiger partial charge in [-0.3, -0.25) is 4.79 Å². The van der Waals surface area contributed by atoms with Gasteiger partial charge in [-0.05, 0) is 48.9 Å². The predicted molar refractivity (Wildman–Crippen MR) is 95.9 cm³/mol. The predicted octanol–water partition coefficient (Wildman–Crippen LogP) is 3.99. The number of sulfonamides is 1. The lowest BCUT2D eigenvalue weighted by Gasteiger charge is -2.16. The van der Waals surface area contributed by atoms with Gasteiger partial charge in [0.2, 0.25) is 15.9 Å². The van der Waals surface area contributed by atoms with Crippen molar-refractivity contribution in [2.75, 3.05) is 5.32 Å². The van der Waals surface area contributed by atoms with Crippen LogP contribution in [0.2, 0.25) is 10.0 Å². The van der Waals surface area contributed by atoms with Gasteiger partial charge in [-0.2, -0.15) is 0 Å². The van der Waals surface area contributed by atoms with Gasteiger partial charge in [0.05, 0.1) is 4.90 Å². The molecule has 2 rings (SSSR count). The highest BCUT2D eigenvalue weighted by molar-refractivity contribution is 7.89. The van der Waals surface area contributed by atoms with Crippen LogP contribution in [0.3, 0.4) is 0 Å².